The Labute approximate surface area is 175 Å². The molecule has 1 aliphatic heterocycles. The maximum atomic E-state index is 13.0. The first kappa shape index (κ1) is 20.1. The van der Waals surface area contributed by atoms with E-state index < -0.39 is 11.6 Å². The number of carbonyl (C=O) groups is 3. The monoisotopic (exact) mass is 409 g/mol. The van der Waals surface area contributed by atoms with Crippen molar-refractivity contribution in [3.05, 3.63) is 48.5 Å². The minimum Gasteiger partial charge on any atom is -0.348 e. The Hall–Kier alpha value is -3.16. The van der Waals surface area contributed by atoms with E-state index in [1.54, 1.807) is 12.5 Å². The highest BCUT2D eigenvalue weighted by molar-refractivity contribution is 6.09. The van der Waals surface area contributed by atoms with Crippen molar-refractivity contribution in [2.24, 2.45) is 5.92 Å². The van der Waals surface area contributed by atoms with Crippen molar-refractivity contribution in [3.8, 4) is 5.69 Å². The van der Waals surface area contributed by atoms with E-state index in [1.807, 2.05) is 48.9 Å². The molecular formula is C22H27N5O3. The zero-order valence-electron chi connectivity index (χ0n) is 17.3. The molecule has 30 heavy (non-hydrogen) atoms. The molecule has 2 fully saturated rings. The standard InChI is InChI=1S/C22H27N5O3/c1-15-5-3-4-10-22(15)20(29)27(21(30)25-22)13-19(28)24-16(2)17-6-8-18(9-7-17)26-12-11-23-14-26/h6-9,11-12,14-16H,3-5,10,13H2,1-2H3,(H,24,28)(H,25,30)/t15-,16-,22+/m0/s1. The molecule has 8 heteroatoms. The summed E-state index contributed by atoms with van der Waals surface area (Å²) in [4.78, 5) is 43.1. The SMILES string of the molecule is C[C@H](NC(=O)CN1C(=O)N[C@@]2(CCCC[C@@H]2C)C1=O)c1ccc(-n2ccnc2)cc1. The summed E-state index contributed by atoms with van der Waals surface area (Å²) in [6.07, 6.45) is 8.79. The first-order chi connectivity index (χ1) is 14.4. The molecule has 8 nitrogen and oxygen atoms in total. The van der Waals surface area contributed by atoms with Crippen LogP contribution >= 0.6 is 0 Å². The summed E-state index contributed by atoms with van der Waals surface area (Å²) in [5, 5.41) is 5.77. The van der Waals surface area contributed by atoms with Crippen LogP contribution in [0.1, 0.15) is 51.1 Å². The molecule has 2 heterocycles. The molecule has 4 rings (SSSR count). The molecule has 158 valence electrons. The Balaban J connectivity index is 1.38. The number of aromatic nitrogens is 2. The van der Waals surface area contributed by atoms with E-state index >= 15 is 0 Å². The number of urea groups is 1. The van der Waals surface area contributed by atoms with Crippen LogP contribution in [-0.2, 0) is 9.59 Å². The number of imidazole rings is 1. The van der Waals surface area contributed by atoms with E-state index in [-0.39, 0.29) is 30.3 Å². The molecular weight excluding hydrogens is 382 g/mol. The molecule has 1 aromatic carbocycles. The summed E-state index contributed by atoms with van der Waals surface area (Å²) in [6, 6.07) is 7.05. The average Bonchev–Trinajstić information content (AvgIpc) is 3.34. The quantitative estimate of drug-likeness (QED) is 0.742. The van der Waals surface area contributed by atoms with Crippen LogP contribution in [0.3, 0.4) is 0 Å². The molecule has 1 saturated carbocycles. The third kappa shape index (κ3) is 3.58. The zero-order chi connectivity index (χ0) is 21.3. The first-order valence-electron chi connectivity index (χ1n) is 10.4. The number of carbonyl (C=O) groups excluding carboxylic acids is 3. The maximum absolute atomic E-state index is 13.0. The third-order valence-electron chi connectivity index (χ3n) is 6.38. The van der Waals surface area contributed by atoms with Gasteiger partial charge in [0.1, 0.15) is 12.1 Å². The third-order valence-corrected chi connectivity index (χ3v) is 6.38. The molecule has 1 aromatic heterocycles. The lowest BCUT2D eigenvalue weighted by atomic mass is 9.73. The number of amides is 4. The smallest absolute Gasteiger partial charge is 0.325 e. The Morgan fingerprint density at radius 1 is 1.30 bits per heavy atom. The van der Waals surface area contributed by atoms with Crippen molar-refractivity contribution in [1.82, 2.24) is 25.1 Å². The summed E-state index contributed by atoms with van der Waals surface area (Å²) in [6.45, 7) is 3.60. The highest BCUT2D eigenvalue weighted by atomic mass is 16.2. The van der Waals surface area contributed by atoms with Gasteiger partial charge in [0.05, 0.1) is 12.4 Å². The van der Waals surface area contributed by atoms with Crippen molar-refractivity contribution in [2.45, 2.75) is 51.1 Å². The van der Waals surface area contributed by atoms with Gasteiger partial charge in [-0.3, -0.25) is 14.5 Å². The number of rotatable bonds is 5. The Morgan fingerprint density at radius 2 is 2.07 bits per heavy atom. The molecule has 3 atom stereocenters. The van der Waals surface area contributed by atoms with Crippen LogP contribution in [0.4, 0.5) is 4.79 Å². The van der Waals surface area contributed by atoms with Crippen LogP contribution in [0.15, 0.2) is 43.0 Å². The van der Waals surface area contributed by atoms with Gasteiger partial charge >= 0.3 is 6.03 Å². The van der Waals surface area contributed by atoms with Crippen molar-refractivity contribution in [1.29, 1.82) is 0 Å². The van der Waals surface area contributed by atoms with Gasteiger partial charge in [-0.2, -0.15) is 0 Å². The predicted octanol–water partition coefficient (Wildman–Crippen LogP) is 2.55. The van der Waals surface area contributed by atoms with Crippen LogP contribution in [0, 0.1) is 5.92 Å². The number of hydrogen-bond acceptors (Lipinski definition) is 4. The molecule has 1 aliphatic carbocycles. The second-order valence-electron chi connectivity index (χ2n) is 8.29. The lowest BCUT2D eigenvalue weighted by molar-refractivity contribution is -0.137. The van der Waals surface area contributed by atoms with Crippen molar-refractivity contribution in [2.75, 3.05) is 6.54 Å². The number of nitrogens with one attached hydrogen (secondary N) is 2. The fraction of sp³-hybridized carbons (Fsp3) is 0.455. The highest BCUT2D eigenvalue weighted by Crippen LogP contribution is 2.38. The van der Waals surface area contributed by atoms with Crippen LogP contribution in [0.25, 0.3) is 5.69 Å². The molecule has 2 aliphatic rings. The Morgan fingerprint density at radius 3 is 2.73 bits per heavy atom. The minimum absolute atomic E-state index is 0.0729. The zero-order valence-corrected chi connectivity index (χ0v) is 17.3. The Kier molecular flexibility index (Phi) is 5.32. The Bertz CT molecular complexity index is 940. The van der Waals surface area contributed by atoms with E-state index in [1.165, 1.54) is 0 Å². The second kappa shape index (κ2) is 7.93. The largest absolute Gasteiger partial charge is 0.348 e. The number of benzene rings is 1. The van der Waals surface area contributed by atoms with Crippen molar-refractivity contribution in [3.63, 3.8) is 0 Å². The number of imide groups is 1. The fourth-order valence-electron chi connectivity index (χ4n) is 4.50. The van der Waals surface area contributed by atoms with Gasteiger partial charge < -0.3 is 15.2 Å². The summed E-state index contributed by atoms with van der Waals surface area (Å²) in [5.74, 6) is -0.555. The summed E-state index contributed by atoms with van der Waals surface area (Å²) >= 11 is 0. The van der Waals surface area contributed by atoms with Crippen LogP contribution in [0.5, 0.6) is 0 Å². The lowest BCUT2D eigenvalue weighted by Gasteiger charge is -2.36. The topological polar surface area (TPSA) is 96.3 Å². The summed E-state index contributed by atoms with van der Waals surface area (Å²) in [7, 11) is 0. The average molecular weight is 409 g/mol. The van der Waals surface area contributed by atoms with E-state index in [2.05, 4.69) is 15.6 Å². The van der Waals surface area contributed by atoms with E-state index in [9.17, 15) is 14.4 Å². The van der Waals surface area contributed by atoms with Crippen molar-refractivity contribution < 1.29 is 14.4 Å². The van der Waals surface area contributed by atoms with Gasteiger partial charge in [0, 0.05) is 18.1 Å². The highest BCUT2D eigenvalue weighted by Gasteiger charge is 2.55. The van der Waals surface area contributed by atoms with E-state index in [4.69, 9.17) is 0 Å². The van der Waals surface area contributed by atoms with Gasteiger partial charge in [0.15, 0.2) is 0 Å². The molecule has 4 amide bonds. The normalized spacial score (nSPS) is 24.7. The molecule has 1 spiro atoms. The van der Waals surface area contributed by atoms with Gasteiger partial charge in [0.2, 0.25) is 5.91 Å². The van der Waals surface area contributed by atoms with E-state index in [0.717, 1.165) is 35.4 Å². The first-order valence-corrected chi connectivity index (χ1v) is 10.4. The summed E-state index contributed by atoms with van der Waals surface area (Å²) in [5.41, 5.74) is 1.06. The van der Waals surface area contributed by atoms with Crippen LogP contribution < -0.4 is 10.6 Å². The van der Waals surface area contributed by atoms with E-state index in [0.29, 0.717) is 6.42 Å². The van der Waals surface area contributed by atoms with Crippen LogP contribution in [-0.4, -0.2) is 44.4 Å². The molecule has 0 unspecified atom stereocenters. The van der Waals surface area contributed by atoms with Gasteiger partial charge in [0.25, 0.3) is 5.91 Å². The van der Waals surface area contributed by atoms with Gasteiger partial charge in [-0.1, -0.05) is 31.9 Å². The second-order valence-corrected chi connectivity index (χ2v) is 8.29. The molecule has 2 aromatic rings. The number of nitrogens with zero attached hydrogens (tertiary/aromatic N) is 3. The molecule has 1 saturated heterocycles. The molecule has 0 radical (unpaired) electrons. The molecule has 0 bridgehead atoms. The maximum Gasteiger partial charge on any atom is 0.325 e. The minimum atomic E-state index is -0.843. The van der Waals surface area contributed by atoms with Gasteiger partial charge in [-0.25, -0.2) is 9.78 Å². The van der Waals surface area contributed by atoms with Gasteiger partial charge in [-0.15, -0.1) is 0 Å². The summed E-state index contributed by atoms with van der Waals surface area (Å²) < 4.78 is 1.90. The van der Waals surface area contributed by atoms with Crippen molar-refractivity contribution >= 4 is 17.8 Å². The molecule has 2 N–H and O–H groups in total. The fourth-order valence-corrected chi connectivity index (χ4v) is 4.50. The van der Waals surface area contributed by atoms with Crippen LogP contribution in [0.2, 0.25) is 0 Å². The number of hydrogen-bond donors (Lipinski definition) is 2. The lowest BCUT2D eigenvalue weighted by Crippen LogP contribution is -2.54. The predicted molar refractivity (Wildman–Crippen MR) is 111 cm³/mol. The van der Waals surface area contributed by atoms with Gasteiger partial charge in [-0.05, 0) is 43.4 Å².